The normalized spacial score (nSPS) is 18.2. The Morgan fingerprint density at radius 3 is 3.14 bits per heavy atom. The summed E-state index contributed by atoms with van der Waals surface area (Å²) in [6, 6.07) is 0. The average molecular weight is 289 g/mol. The van der Waals surface area contributed by atoms with Crippen LogP contribution in [0.2, 0.25) is 0 Å². The number of nitrogens with one attached hydrogen (secondary N) is 2. The van der Waals surface area contributed by atoms with E-state index in [-0.39, 0.29) is 0 Å². The highest BCUT2D eigenvalue weighted by molar-refractivity contribution is 5.65. The highest BCUT2D eigenvalue weighted by Crippen LogP contribution is 2.18. The van der Waals surface area contributed by atoms with Crippen LogP contribution in [0.1, 0.15) is 32.6 Å². The van der Waals surface area contributed by atoms with E-state index in [1.807, 2.05) is 16.8 Å². The van der Waals surface area contributed by atoms with Gasteiger partial charge in [-0.3, -0.25) is 0 Å². The number of imidazole rings is 1. The molecule has 0 spiro atoms. The molecule has 0 amide bonds. The number of nitrogens with zero attached hydrogens (tertiary/aromatic N) is 3. The van der Waals surface area contributed by atoms with Gasteiger partial charge in [-0.2, -0.15) is 0 Å². The molecule has 1 atom stereocenters. The molecule has 1 fully saturated rings. The van der Waals surface area contributed by atoms with Crippen molar-refractivity contribution in [2.45, 2.75) is 38.7 Å². The van der Waals surface area contributed by atoms with E-state index >= 15 is 0 Å². The minimum absolute atomic E-state index is 0.398. The summed E-state index contributed by atoms with van der Waals surface area (Å²) in [7, 11) is 0. The topological polar surface area (TPSA) is 63.5 Å². The molecule has 114 valence electrons. The lowest BCUT2D eigenvalue weighted by atomic mass is 10.2. The van der Waals surface area contributed by atoms with Crippen molar-refractivity contribution in [3.8, 4) is 0 Å². The van der Waals surface area contributed by atoms with Gasteiger partial charge in [0.1, 0.15) is 5.82 Å². The van der Waals surface area contributed by atoms with Crippen LogP contribution in [-0.2, 0) is 4.74 Å². The molecule has 3 rings (SSSR count). The first-order valence-corrected chi connectivity index (χ1v) is 7.80. The van der Waals surface area contributed by atoms with E-state index in [0.717, 1.165) is 49.8 Å². The second-order valence-corrected chi connectivity index (χ2v) is 5.41. The third-order valence-corrected chi connectivity index (χ3v) is 3.71. The minimum Gasteiger partial charge on any atom is -0.378 e. The number of fused-ring (bicyclic) bond motifs is 1. The second kappa shape index (κ2) is 6.76. The quantitative estimate of drug-likeness (QED) is 0.820. The van der Waals surface area contributed by atoms with Gasteiger partial charge in [-0.25, -0.2) is 9.97 Å². The van der Waals surface area contributed by atoms with Crippen LogP contribution in [-0.4, -0.2) is 40.2 Å². The lowest BCUT2D eigenvalue weighted by Crippen LogP contribution is -2.14. The molecule has 2 N–H and O–H groups in total. The van der Waals surface area contributed by atoms with E-state index < -0.39 is 0 Å². The molecule has 2 aromatic rings. The highest BCUT2D eigenvalue weighted by Gasteiger charge is 2.15. The SMILES string of the molecule is CCCNc1cn2ccnc2c(NCCC2CCCO2)n1. The Balaban J connectivity index is 1.68. The summed E-state index contributed by atoms with van der Waals surface area (Å²) in [5, 5.41) is 6.73. The van der Waals surface area contributed by atoms with Crippen molar-refractivity contribution < 1.29 is 4.74 Å². The molecule has 1 aliphatic heterocycles. The smallest absolute Gasteiger partial charge is 0.180 e. The largest absolute Gasteiger partial charge is 0.378 e. The van der Waals surface area contributed by atoms with E-state index in [1.165, 1.54) is 12.8 Å². The van der Waals surface area contributed by atoms with Gasteiger partial charge < -0.3 is 19.8 Å². The molecule has 0 radical (unpaired) electrons. The van der Waals surface area contributed by atoms with Crippen LogP contribution in [0, 0.1) is 0 Å². The summed E-state index contributed by atoms with van der Waals surface area (Å²) >= 11 is 0. The van der Waals surface area contributed by atoms with Crippen LogP contribution in [0.3, 0.4) is 0 Å². The number of hydrogen-bond donors (Lipinski definition) is 2. The molecular weight excluding hydrogens is 266 g/mol. The molecule has 1 unspecified atom stereocenters. The summed E-state index contributed by atoms with van der Waals surface area (Å²) in [4.78, 5) is 9.00. The van der Waals surface area contributed by atoms with Gasteiger partial charge >= 0.3 is 0 Å². The van der Waals surface area contributed by atoms with Gasteiger partial charge in [0.25, 0.3) is 0 Å². The fourth-order valence-corrected chi connectivity index (χ4v) is 2.61. The maximum Gasteiger partial charge on any atom is 0.180 e. The monoisotopic (exact) mass is 289 g/mol. The third kappa shape index (κ3) is 3.44. The van der Waals surface area contributed by atoms with E-state index in [9.17, 15) is 0 Å². The molecule has 6 nitrogen and oxygen atoms in total. The molecule has 21 heavy (non-hydrogen) atoms. The van der Waals surface area contributed by atoms with Crippen molar-refractivity contribution in [3.05, 3.63) is 18.6 Å². The first-order valence-electron chi connectivity index (χ1n) is 7.80. The predicted molar refractivity (Wildman–Crippen MR) is 83.8 cm³/mol. The Hall–Kier alpha value is -1.82. The number of anilines is 2. The summed E-state index contributed by atoms with van der Waals surface area (Å²) < 4.78 is 7.65. The van der Waals surface area contributed by atoms with Crippen molar-refractivity contribution in [1.29, 1.82) is 0 Å². The van der Waals surface area contributed by atoms with Crippen molar-refractivity contribution in [2.75, 3.05) is 30.3 Å². The van der Waals surface area contributed by atoms with Gasteiger partial charge in [0.2, 0.25) is 0 Å². The first kappa shape index (κ1) is 14.1. The van der Waals surface area contributed by atoms with Gasteiger partial charge in [-0.1, -0.05) is 6.92 Å². The summed E-state index contributed by atoms with van der Waals surface area (Å²) in [6.07, 6.45) is 10.6. The van der Waals surface area contributed by atoms with Crippen LogP contribution in [0.25, 0.3) is 5.65 Å². The zero-order valence-corrected chi connectivity index (χ0v) is 12.5. The molecule has 1 aliphatic rings. The predicted octanol–water partition coefficient (Wildman–Crippen LogP) is 2.53. The third-order valence-electron chi connectivity index (χ3n) is 3.71. The molecule has 0 bridgehead atoms. The molecule has 0 aromatic carbocycles. The van der Waals surface area contributed by atoms with E-state index in [2.05, 4.69) is 27.5 Å². The maximum atomic E-state index is 5.65. The highest BCUT2D eigenvalue weighted by atomic mass is 16.5. The molecule has 0 aliphatic carbocycles. The number of rotatable bonds is 7. The lowest BCUT2D eigenvalue weighted by molar-refractivity contribution is 0.107. The zero-order valence-electron chi connectivity index (χ0n) is 12.5. The fourth-order valence-electron chi connectivity index (χ4n) is 2.61. The van der Waals surface area contributed by atoms with Crippen LogP contribution in [0.15, 0.2) is 18.6 Å². The lowest BCUT2D eigenvalue weighted by Gasteiger charge is -2.12. The van der Waals surface area contributed by atoms with Crippen molar-refractivity contribution in [1.82, 2.24) is 14.4 Å². The van der Waals surface area contributed by atoms with Crippen LogP contribution in [0.5, 0.6) is 0 Å². The van der Waals surface area contributed by atoms with Gasteiger partial charge in [0.05, 0.1) is 12.3 Å². The van der Waals surface area contributed by atoms with E-state index in [0.29, 0.717) is 6.10 Å². The number of ether oxygens (including phenoxy) is 1. The first-order chi connectivity index (χ1) is 10.4. The molecule has 6 heteroatoms. The molecule has 0 saturated carbocycles. The summed E-state index contributed by atoms with van der Waals surface area (Å²) in [5.41, 5.74) is 0.865. The second-order valence-electron chi connectivity index (χ2n) is 5.41. The van der Waals surface area contributed by atoms with Crippen molar-refractivity contribution in [3.63, 3.8) is 0 Å². The van der Waals surface area contributed by atoms with Gasteiger partial charge in [0, 0.05) is 32.1 Å². The summed E-state index contributed by atoms with van der Waals surface area (Å²) in [5.74, 6) is 1.71. The molecular formula is C15H23N5O. The zero-order chi connectivity index (χ0) is 14.5. The standard InChI is InChI=1S/C15H23N5O/c1-2-6-16-13-11-20-9-8-18-15(20)14(19-13)17-7-5-12-4-3-10-21-12/h8-9,11-12,16H,2-7,10H2,1H3,(H,17,19). The molecule has 2 aromatic heterocycles. The molecule has 1 saturated heterocycles. The molecule has 3 heterocycles. The fraction of sp³-hybridized carbons (Fsp3) is 0.600. The van der Waals surface area contributed by atoms with Crippen molar-refractivity contribution in [2.24, 2.45) is 0 Å². The number of aromatic nitrogens is 3. The Bertz CT molecular complexity index is 576. The van der Waals surface area contributed by atoms with E-state index in [4.69, 9.17) is 4.74 Å². The van der Waals surface area contributed by atoms with Gasteiger partial charge in [-0.05, 0) is 25.7 Å². The van der Waals surface area contributed by atoms with Crippen molar-refractivity contribution >= 4 is 17.3 Å². The van der Waals surface area contributed by atoms with E-state index in [1.54, 1.807) is 6.20 Å². The van der Waals surface area contributed by atoms with Gasteiger partial charge in [-0.15, -0.1) is 0 Å². The van der Waals surface area contributed by atoms with Crippen LogP contribution < -0.4 is 10.6 Å². The Morgan fingerprint density at radius 2 is 2.33 bits per heavy atom. The maximum absolute atomic E-state index is 5.65. The summed E-state index contributed by atoms with van der Waals surface area (Å²) in [6.45, 7) is 4.83. The number of hydrogen-bond acceptors (Lipinski definition) is 5. The average Bonchev–Trinajstić information content (AvgIpc) is 3.15. The Labute approximate surface area is 124 Å². The Morgan fingerprint density at radius 1 is 1.38 bits per heavy atom. The minimum atomic E-state index is 0.398. The van der Waals surface area contributed by atoms with Crippen LogP contribution >= 0.6 is 0 Å². The van der Waals surface area contributed by atoms with Crippen LogP contribution in [0.4, 0.5) is 11.6 Å². The van der Waals surface area contributed by atoms with Gasteiger partial charge in [0.15, 0.2) is 11.5 Å². The Kier molecular flexibility index (Phi) is 4.55.